The molecular weight excluding hydrogens is 363 g/mol. The van der Waals surface area contributed by atoms with E-state index in [9.17, 15) is 9.59 Å². The van der Waals surface area contributed by atoms with Crippen molar-refractivity contribution in [1.29, 1.82) is 0 Å². The Morgan fingerprint density at radius 1 is 1.28 bits per heavy atom. The first-order valence-electron chi connectivity index (χ1n) is 7.53. The van der Waals surface area contributed by atoms with Crippen molar-refractivity contribution in [3.05, 3.63) is 57.8 Å². The molecule has 1 aromatic heterocycles. The third-order valence-electron chi connectivity index (χ3n) is 3.72. The van der Waals surface area contributed by atoms with Crippen LogP contribution < -0.4 is 10.7 Å². The van der Waals surface area contributed by atoms with Crippen molar-refractivity contribution in [3.63, 3.8) is 0 Å². The minimum absolute atomic E-state index is 0.0336. The van der Waals surface area contributed by atoms with E-state index >= 15 is 0 Å². The van der Waals surface area contributed by atoms with Crippen LogP contribution in [0.15, 0.2) is 41.6 Å². The van der Waals surface area contributed by atoms with E-state index in [4.69, 9.17) is 23.2 Å². The van der Waals surface area contributed by atoms with E-state index in [-0.39, 0.29) is 22.5 Å². The summed E-state index contributed by atoms with van der Waals surface area (Å²) in [5.74, 6) is -0.483. The van der Waals surface area contributed by atoms with Gasteiger partial charge in [0.1, 0.15) is 5.69 Å². The SMILES string of the molecule is C[C@@H]1CC(=O)NN=C1c1ccc(NC(=O)c2ncc(Cl)cc2Cl)cc1. The van der Waals surface area contributed by atoms with E-state index in [2.05, 4.69) is 20.8 Å². The van der Waals surface area contributed by atoms with Crippen molar-refractivity contribution in [2.45, 2.75) is 13.3 Å². The standard InChI is InChI=1S/C17H14Cl2N4O2/c1-9-6-14(24)22-23-15(9)10-2-4-12(5-3-10)21-17(25)16-13(19)7-11(18)8-20-16/h2-5,7-9H,6H2,1H3,(H,21,25)(H,22,24)/t9-/m1/s1. The molecule has 3 rings (SSSR count). The van der Waals surface area contributed by atoms with Crippen molar-refractivity contribution in [2.75, 3.05) is 5.32 Å². The van der Waals surface area contributed by atoms with Gasteiger partial charge >= 0.3 is 0 Å². The Bertz CT molecular complexity index is 865. The number of benzene rings is 1. The average molecular weight is 377 g/mol. The maximum Gasteiger partial charge on any atom is 0.275 e. The Morgan fingerprint density at radius 2 is 2.00 bits per heavy atom. The summed E-state index contributed by atoms with van der Waals surface area (Å²) in [6, 6.07) is 8.63. The fraction of sp³-hybridized carbons (Fsp3) is 0.176. The number of pyridine rings is 1. The second-order valence-corrected chi connectivity index (χ2v) is 6.50. The number of carbonyl (C=O) groups excluding carboxylic acids is 2. The molecule has 1 aliphatic rings. The first-order valence-corrected chi connectivity index (χ1v) is 8.29. The van der Waals surface area contributed by atoms with Gasteiger partial charge in [-0.1, -0.05) is 42.3 Å². The molecule has 0 spiro atoms. The zero-order valence-corrected chi connectivity index (χ0v) is 14.7. The van der Waals surface area contributed by atoms with Crippen LogP contribution in [-0.2, 0) is 4.79 Å². The maximum atomic E-state index is 12.2. The third-order valence-corrected chi connectivity index (χ3v) is 4.22. The fourth-order valence-corrected chi connectivity index (χ4v) is 2.96. The van der Waals surface area contributed by atoms with Crippen molar-refractivity contribution in [1.82, 2.24) is 10.4 Å². The van der Waals surface area contributed by atoms with E-state index in [1.165, 1.54) is 12.3 Å². The smallest absolute Gasteiger partial charge is 0.275 e. The van der Waals surface area contributed by atoms with Gasteiger partial charge in [-0.2, -0.15) is 5.10 Å². The van der Waals surface area contributed by atoms with Gasteiger partial charge in [-0.15, -0.1) is 0 Å². The van der Waals surface area contributed by atoms with Crippen LogP contribution in [0.1, 0.15) is 29.4 Å². The van der Waals surface area contributed by atoms with Gasteiger partial charge in [0.15, 0.2) is 0 Å². The van der Waals surface area contributed by atoms with Gasteiger partial charge in [0, 0.05) is 24.2 Å². The summed E-state index contributed by atoms with van der Waals surface area (Å²) in [7, 11) is 0. The number of amides is 2. The number of halogens is 2. The Hall–Kier alpha value is -2.44. The lowest BCUT2D eigenvalue weighted by molar-refractivity contribution is -0.121. The van der Waals surface area contributed by atoms with Gasteiger partial charge in [-0.25, -0.2) is 10.4 Å². The monoisotopic (exact) mass is 376 g/mol. The highest BCUT2D eigenvalue weighted by Gasteiger charge is 2.21. The number of carbonyl (C=O) groups is 2. The molecule has 0 bridgehead atoms. The summed E-state index contributed by atoms with van der Waals surface area (Å²) >= 11 is 11.8. The van der Waals surface area contributed by atoms with Gasteiger partial charge in [0.05, 0.1) is 15.8 Å². The highest BCUT2D eigenvalue weighted by atomic mass is 35.5. The summed E-state index contributed by atoms with van der Waals surface area (Å²) in [6.45, 7) is 1.95. The number of anilines is 1. The van der Waals surface area contributed by atoms with E-state index in [0.717, 1.165) is 11.3 Å². The van der Waals surface area contributed by atoms with Crippen molar-refractivity contribution in [2.24, 2.45) is 11.0 Å². The highest BCUT2D eigenvalue weighted by molar-refractivity contribution is 6.36. The van der Waals surface area contributed by atoms with Crippen LogP contribution in [0.3, 0.4) is 0 Å². The van der Waals surface area contributed by atoms with Crippen LogP contribution in [0.25, 0.3) is 0 Å². The summed E-state index contributed by atoms with van der Waals surface area (Å²) in [5.41, 5.74) is 4.87. The number of aromatic nitrogens is 1. The van der Waals surface area contributed by atoms with Crippen LogP contribution in [0, 0.1) is 5.92 Å². The Labute approximate surface area is 154 Å². The molecule has 6 nitrogen and oxygen atoms in total. The molecule has 2 heterocycles. The van der Waals surface area contributed by atoms with Crippen molar-refractivity contribution >= 4 is 46.4 Å². The molecule has 1 aromatic carbocycles. The van der Waals surface area contributed by atoms with E-state index in [1.807, 2.05) is 19.1 Å². The van der Waals surface area contributed by atoms with Gasteiger partial charge in [0.25, 0.3) is 5.91 Å². The fourth-order valence-electron chi connectivity index (χ4n) is 2.50. The third kappa shape index (κ3) is 3.97. The van der Waals surface area contributed by atoms with Gasteiger partial charge in [-0.3, -0.25) is 9.59 Å². The molecule has 25 heavy (non-hydrogen) atoms. The highest BCUT2D eigenvalue weighted by Crippen LogP contribution is 2.21. The van der Waals surface area contributed by atoms with Gasteiger partial charge in [0.2, 0.25) is 5.91 Å². The molecule has 2 N–H and O–H groups in total. The average Bonchev–Trinajstić information content (AvgIpc) is 2.55. The molecule has 0 unspecified atom stereocenters. The minimum atomic E-state index is -0.426. The minimum Gasteiger partial charge on any atom is -0.321 e. The van der Waals surface area contributed by atoms with Crippen molar-refractivity contribution < 1.29 is 9.59 Å². The molecule has 0 aliphatic carbocycles. The Kier molecular flexibility index (Phi) is 5.01. The lowest BCUT2D eigenvalue weighted by atomic mass is 9.94. The topological polar surface area (TPSA) is 83.5 Å². The predicted octanol–water partition coefficient (Wildman–Crippen LogP) is 3.50. The van der Waals surface area contributed by atoms with Crippen LogP contribution in [0.2, 0.25) is 10.0 Å². The number of rotatable bonds is 3. The first kappa shape index (κ1) is 17.4. The molecule has 1 atom stereocenters. The molecule has 0 radical (unpaired) electrons. The molecule has 0 fully saturated rings. The summed E-state index contributed by atoms with van der Waals surface area (Å²) < 4.78 is 0. The van der Waals surface area contributed by atoms with E-state index in [1.54, 1.807) is 12.1 Å². The Balaban J connectivity index is 1.74. The zero-order chi connectivity index (χ0) is 18.0. The lowest BCUT2D eigenvalue weighted by Crippen LogP contribution is -2.31. The summed E-state index contributed by atoms with van der Waals surface area (Å²) in [4.78, 5) is 27.5. The first-order chi connectivity index (χ1) is 11.9. The molecule has 0 saturated heterocycles. The molecular formula is C17H14Cl2N4O2. The molecule has 2 amide bonds. The molecule has 0 saturated carbocycles. The number of nitrogens with one attached hydrogen (secondary N) is 2. The van der Waals surface area contributed by atoms with Crippen LogP contribution >= 0.6 is 23.2 Å². The quantitative estimate of drug-likeness (QED) is 0.859. The summed E-state index contributed by atoms with van der Waals surface area (Å²) in [5, 5.41) is 7.38. The molecule has 2 aromatic rings. The van der Waals surface area contributed by atoms with Crippen LogP contribution in [0.5, 0.6) is 0 Å². The Morgan fingerprint density at radius 3 is 2.64 bits per heavy atom. The number of hydrogen-bond acceptors (Lipinski definition) is 4. The normalized spacial score (nSPS) is 16.8. The largest absolute Gasteiger partial charge is 0.321 e. The van der Waals surface area contributed by atoms with Gasteiger partial charge < -0.3 is 5.32 Å². The van der Waals surface area contributed by atoms with Gasteiger partial charge in [-0.05, 0) is 23.8 Å². The maximum absolute atomic E-state index is 12.2. The zero-order valence-electron chi connectivity index (χ0n) is 13.2. The number of hydrazone groups is 1. The van der Waals surface area contributed by atoms with E-state index in [0.29, 0.717) is 17.1 Å². The molecule has 1 aliphatic heterocycles. The molecule has 8 heteroatoms. The second-order valence-electron chi connectivity index (χ2n) is 5.65. The van der Waals surface area contributed by atoms with Crippen LogP contribution in [-0.4, -0.2) is 22.5 Å². The lowest BCUT2D eigenvalue weighted by Gasteiger charge is -2.19. The summed E-state index contributed by atoms with van der Waals surface area (Å²) in [6.07, 6.45) is 1.76. The second kappa shape index (κ2) is 7.21. The predicted molar refractivity (Wildman–Crippen MR) is 97.1 cm³/mol. The van der Waals surface area contributed by atoms with E-state index < -0.39 is 5.91 Å². The number of hydrogen-bond donors (Lipinski definition) is 2. The number of nitrogens with zero attached hydrogens (tertiary/aromatic N) is 2. The molecule has 128 valence electrons. The van der Waals surface area contributed by atoms with Crippen LogP contribution in [0.4, 0.5) is 5.69 Å². The van der Waals surface area contributed by atoms with Crippen molar-refractivity contribution in [3.8, 4) is 0 Å².